The average molecular weight is 357 g/mol. The minimum atomic E-state index is -0.542. The summed E-state index contributed by atoms with van der Waals surface area (Å²) in [7, 11) is 0. The lowest BCUT2D eigenvalue weighted by atomic mass is 10.1. The fourth-order valence-corrected chi connectivity index (χ4v) is 2.63. The Morgan fingerprint density at radius 2 is 2.06 bits per heavy atom. The number of hydrogen-bond acceptors (Lipinski definition) is 3. The lowest BCUT2D eigenvalue weighted by Crippen LogP contribution is -2.12. The summed E-state index contributed by atoms with van der Waals surface area (Å²) in [5.41, 5.74) is 0.941. The second-order valence-electron chi connectivity index (χ2n) is 4.46. The van der Waals surface area contributed by atoms with E-state index in [4.69, 9.17) is 0 Å². The van der Waals surface area contributed by atoms with E-state index in [2.05, 4.69) is 46.5 Å². The summed E-state index contributed by atoms with van der Waals surface area (Å²) < 4.78 is 2.91. The van der Waals surface area contributed by atoms with E-state index in [0.717, 1.165) is 15.0 Å². The van der Waals surface area contributed by atoms with Crippen molar-refractivity contribution in [2.45, 2.75) is 32.4 Å². The first kappa shape index (κ1) is 13.5. The van der Waals surface area contributed by atoms with E-state index < -0.39 is 6.10 Å². The maximum Gasteiger partial charge on any atom is 0.138 e. The van der Waals surface area contributed by atoms with Gasteiger partial charge in [0.2, 0.25) is 0 Å². The van der Waals surface area contributed by atoms with Gasteiger partial charge in [0.1, 0.15) is 12.2 Å². The van der Waals surface area contributed by atoms with Crippen LogP contribution in [0.1, 0.15) is 37.4 Å². The van der Waals surface area contributed by atoms with Crippen molar-refractivity contribution in [3.8, 4) is 0 Å². The van der Waals surface area contributed by atoms with E-state index in [1.165, 1.54) is 6.33 Å². The standard InChI is InChI=1S/C13H16IN3O/c1-9(2)17-13(15-8-16-17)7-12(18)10-5-3-4-6-11(10)14/h3-6,8-9,12,18H,7H2,1-2H3. The molecule has 2 aromatic rings. The lowest BCUT2D eigenvalue weighted by Gasteiger charge is -2.14. The Kier molecular flexibility index (Phi) is 4.34. The van der Waals surface area contributed by atoms with Crippen LogP contribution in [0.2, 0.25) is 0 Å². The third-order valence-electron chi connectivity index (χ3n) is 2.78. The lowest BCUT2D eigenvalue weighted by molar-refractivity contribution is 0.172. The van der Waals surface area contributed by atoms with Gasteiger partial charge >= 0.3 is 0 Å². The first-order chi connectivity index (χ1) is 8.59. The summed E-state index contributed by atoms with van der Waals surface area (Å²) in [5, 5.41) is 14.5. The molecule has 1 N–H and O–H groups in total. The highest BCUT2D eigenvalue weighted by molar-refractivity contribution is 14.1. The van der Waals surface area contributed by atoms with Crippen molar-refractivity contribution >= 4 is 22.6 Å². The number of nitrogens with zero attached hydrogens (tertiary/aromatic N) is 3. The molecule has 0 spiro atoms. The Balaban J connectivity index is 2.19. The molecule has 5 heteroatoms. The molecular formula is C13H16IN3O. The summed E-state index contributed by atoms with van der Waals surface area (Å²) in [6, 6.07) is 8.10. The number of aliphatic hydroxyl groups is 1. The van der Waals surface area contributed by atoms with Crippen molar-refractivity contribution in [2.75, 3.05) is 0 Å². The molecule has 18 heavy (non-hydrogen) atoms. The molecule has 1 unspecified atom stereocenters. The fourth-order valence-electron chi connectivity index (χ4n) is 1.88. The smallest absolute Gasteiger partial charge is 0.138 e. The monoisotopic (exact) mass is 357 g/mol. The quantitative estimate of drug-likeness (QED) is 0.857. The van der Waals surface area contributed by atoms with Gasteiger partial charge in [0.15, 0.2) is 0 Å². The number of hydrogen-bond donors (Lipinski definition) is 1. The first-order valence-electron chi connectivity index (χ1n) is 5.90. The molecule has 96 valence electrons. The summed E-state index contributed by atoms with van der Waals surface area (Å²) in [6.07, 6.45) is 1.48. The molecule has 2 rings (SSSR count). The van der Waals surface area contributed by atoms with Gasteiger partial charge < -0.3 is 5.11 Å². The average Bonchev–Trinajstić information content (AvgIpc) is 2.77. The molecule has 0 amide bonds. The Bertz CT molecular complexity index is 524. The summed E-state index contributed by atoms with van der Waals surface area (Å²) in [6.45, 7) is 4.10. The van der Waals surface area contributed by atoms with Gasteiger partial charge in [-0.2, -0.15) is 5.10 Å². The molecule has 4 nitrogen and oxygen atoms in total. The molecule has 1 aromatic heterocycles. The number of halogens is 1. The van der Waals surface area contributed by atoms with Crippen molar-refractivity contribution in [3.63, 3.8) is 0 Å². The normalized spacial score (nSPS) is 12.9. The predicted octanol–water partition coefficient (Wildman–Crippen LogP) is 2.74. The second-order valence-corrected chi connectivity index (χ2v) is 5.62. The molecule has 1 aromatic carbocycles. The van der Waals surface area contributed by atoms with Gasteiger partial charge in [-0.1, -0.05) is 18.2 Å². The van der Waals surface area contributed by atoms with Crippen LogP contribution in [0.15, 0.2) is 30.6 Å². The van der Waals surface area contributed by atoms with Crippen LogP contribution < -0.4 is 0 Å². The fraction of sp³-hybridized carbons (Fsp3) is 0.385. The Morgan fingerprint density at radius 3 is 2.72 bits per heavy atom. The highest BCUT2D eigenvalue weighted by Gasteiger charge is 2.16. The molecule has 0 aliphatic heterocycles. The van der Waals surface area contributed by atoms with E-state index in [-0.39, 0.29) is 6.04 Å². The van der Waals surface area contributed by atoms with E-state index in [1.807, 2.05) is 28.9 Å². The van der Waals surface area contributed by atoms with Gasteiger partial charge in [-0.05, 0) is 48.1 Å². The van der Waals surface area contributed by atoms with Crippen LogP contribution in [0, 0.1) is 3.57 Å². The van der Waals surface area contributed by atoms with Gasteiger partial charge in [0.25, 0.3) is 0 Å². The Morgan fingerprint density at radius 1 is 1.33 bits per heavy atom. The number of rotatable bonds is 4. The van der Waals surface area contributed by atoms with E-state index in [1.54, 1.807) is 0 Å². The van der Waals surface area contributed by atoms with Gasteiger partial charge in [-0.15, -0.1) is 0 Å². The highest BCUT2D eigenvalue weighted by Crippen LogP contribution is 2.23. The minimum absolute atomic E-state index is 0.254. The molecule has 0 fully saturated rings. The van der Waals surface area contributed by atoms with Crippen molar-refractivity contribution in [2.24, 2.45) is 0 Å². The summed E-state index contributed by atoms with van der Waals surface area (Å²) >= 11 is 2.24. The van der Waals surface area contributed by atoms with Gasteiger partial charge in [-0.3, -0.25) is 0 Å². The number of benzene rings is 1. The number of aliphatic hydroxyl groups excluding tert-OH is 1. The zero-order valence-electron chi connectivity index (χ0n) is 10.4. The maximum atomic E-state index is 10.3. The molecule has 0 bridgehead atoms. The molecular weight excluding hydrogens is 341 g/mol. The van der Waals surface area contributed by atoms with Crippen molar-refractivity contribution in [3.05, 3.63) is 45.6 Å². The Labute approximate surface area is 120 Å². The second kappa shape index (κ2) is 5.79. The van der Waals surface area contributed by atoms with Crippen LogP contribution in [0.4, 0.5) is 0 Å². The molecule has 0 aliphatic carbocycles. The summed E-state index contributed by atoms with van der Waals surface area (Å²) in [5.74, 6) is 0.817. The summed E-state index contributed by atoms with van der Waals surface area (Å²) in [4.78, 5) is 4.22. The van der Waals surface area contributed by atoms with Gasteiger partial charge in [-0.25, -0.2) is 9.67 Å². The molecule has 0 saturated heterocycles. The predicted molar refractivity (Wildman–Crippen MR) is 78.2 cm³/mol. The zero-order valence-corrected chi connectivity index (χ0v) is 12.6. The van der Waals surface area contributed by atoms with Crippen molar-refractivity contribution < 1.29 is 5.11 Å². The molecule has 0 radical (unpaired) electrons. The van der Waals surface area contributed by atoms with Crippen LogP contribution >= 0.6 is 22.6 Å². The maximum absolute atomic E-state index is 10.3. The third kappa shape index (κ3) is 2.89. The van der Waals surface area contributed by atoms with E-state index in [9.17, 15) is 5.11 Å². The highest BCUT2D eigenvalue weighted by atomic mass is 127. The zero-order chi connectivity index (χ0) is 13.1. The molecule has 1 heterocycles. The SMILES string of the molecule is CC(C)n1ncnc1CC(O)c1ccccc1I. The topological polar surface area (TPSA) is 50.9 Å². The van der Waals surface area contributed by atoms with Gasteiger partial charge in [0.05, 0.1) is 6.10 Å². The van der Waals surface area contributed by atoms with Gasteiger partial charge in [0, 0.05) is 16.0 Å². The molecule has 0 aliphatic rings. The third-order valence-corrected chi connectivity index (χ3v) is 3.76. The first-order valence-corrected chi connectivity index (χ1v) is 6.98. The minimum Gasteiger partial charge on any atom is -0.388 e. The van der Waals surface area contributed by atoms with Crippen LogP contribution in [-0.2, 0) is 6.42 Å². The van der Waals surface area contributed by atoms with E-state index in [0.29, 0.717) is 6.42 Å². The van der Waals surface area contributed by atoms with Crippen LogP contribution in [-0.4, -0.2) is 19.9 Å². The van der Waals surface area contributed by atoms with Crippen LogP contribution in [0.25, 0.3) is 0 Å². The van der Waals surface area contributed by atoms with Crippen LogP contribution in [0.5, 0.6) is 0 Å². The van der Waals surface area contributed by atoms with Crippen molar-refractivity contribution in [1.82, 2.24) is 14.8 Å². The van der Waals surface area contributed by atoms with E-state index >= 15 is 0 Å². The Hall–Kier alpha value is -0.950. The number of aromatic nitrogens is 3. The largest absolute Gasteiger partial charge is 0.388 e. The van der Waals surface area contributed by atoms with Crippen LogP contribution in [0.3, 0.4) is 0 Å². The molecule has 1 atom stereocenters. The molecule has 0 saturated carbocycles. The van der Waals surface area contributed by atoms with Crippen molar-refractivity contribution in [1.29, 1.82) is 0 Å².